The smallest absolute Gasteiger partial charge is 0.103 e. The van der Waals surface area contributed by atoms with Gasteiger partial charge in [0.05, 0.1) is 0 Å². The molecule has 0 bridgehead atoms. The Labute approximate surface area is 117 Å². The van der Waals surface area contributed by atoms with Crippen LogP contribution >= 0.6 is 0 Å². The maximum absolute atomic E-state index is 10.7. The van der Waals surface area contributed by atoms with E-state index in [1.165, 1.54) is 0 Å². The maximum atomic E-state index is 10.7. The van der Waals surface area contributed by atoms with Crippen molar-refractivity contribution in [2.75, 3.05) is 26.7 Å². The van der Waals surface area contributed by atoms with Crippen LogP contribution in [0.5, 0.6) is 0 Å². The molecule has 0 saturated carbocycles. The lowest BCUT2D eigenvalue weighted by atomic mass is 9.90. The van der Waals surface area contributed by atoms with Gasteiger partial charge in [-0.05, 0) is 24.4 Å². The number of aliphatic hydroxyl groups is 1. The topological polar surface area (TPSA) is 49.5 Å². The standard InChI is InChI=1S/C16H28N2O/c1-15(2,3)13-18(4)11-10-16(19,12-17)14-8-6-5-7-9-14/h5-9,19H,10-13,17H2,1-4H3. The molecular weight excluding hydrogens is 236 g/mol. The van der Waals surface area contributed by atoms with E-state index < -0.39 is 5.60 Å². The summed E-state index contributed by atoms with van der Waals surface area (Å²) >= 11 is 0. The Kier molecular flexibility index (Phi) is 5.53. The lowest BCUT2D eigenvalue weighted by molar-refractivity contribution is 0.0254. The summed E-state index contributed by atoms with van der Waals surface area (Å²) in [6, 6.07) is 9.71. The molecule has 0 heterocycles. The number of benzene rings is 1. The average Bonchev–Trinajstić information content (AvgIpc) is 2.35. The van der Waals surface area contributed by atoms with E-state index in [9.17, 15) is 5.11 Å². The van der Waals surface area contributed by atoms with Gasteiger partial charge in [-0.2, -0.15) is 0 Å². The SMILES string of the molecule is CN(CCC(O)(CN)c1ccccc1)CC(C)(C)C. The normalized spacial score (nSPS) is 15.5. The summed E-state index contributed by atoms with van der Waals surface area (Å²) in [5.41, 5.74) is 6.03. The van der Waals surface area contributed by atoms with E-state index in [-0.39, 0.29) is 12.0 Å². The Bertz CT molecular complexity index is 372. The predicted molar refractivity (Wildman–Crippen MR) is 81.0 cm³/mol. The van der Waals surface area contributed by atoms with Gasteiger partial charge in [-0.25, -0.2) is 0 Å². The van der Waals surface area contributed by atoms with E-state index in [0.29, 0.717) is 6.42 Å². The number of nitrogens with two attached hydrogens (primary N) is 1. The van der Waals surface area contributed by atoms with Crippen molar-refractivity contribution < 1.29 is 5.11 Å². The summed E-state index contributed by atoms with van der Waals surface area (Å²) in [6.45, 7) is 8.74. The van der Waals surface area contributed by atoms with Crippen LogP contribution in [0.15, 0.2) is 30.3 Å². The van der Waals surface area contributed by atoms with Gasteiger partial charge in [0.1, 0.15) is 5.60 Å². The minimum absolute atomic E-state index is 0.250. The molecule has 1 unspecified atom stereocenters. The van der Waals surface area contributed by atoms with E-state index in [4.69, 9.17) is 5.73 Å². The second kappa shape index (κ2) is 6.51. The van der Waals surface area contributed by atoms with Crippen LogP contribution in [0, 0.1) is 5.41 Å². The first-order valence-electron chi connectivity index (χ1n) is 6.93. The fraction of sp³-hybridized carbons (Fsp3) is 0.625. The van der Waals surface area contributed by atoms with Gasteiger partial charge >= 0.3 is 0 Å². The molecule has 1 aromatic carbocycles. The van der Waals surface area contributed by atoms with Crippen LogP contribution in [0.1, 0.15) is 32.8 Å². The van der Waals surface area contributed by atoms with E-state index in [1.54, 1.807) is 0 Å². The quantitative estimate of drug-likeness (QED) is 0.828. The molecule has 0 radical (unpaired) electrons. The second-order valence-electron chi connectivity index (χ2n) is 6.65. The molecule has 0 aromatic heterocycles. The number of rotatable bonds is 6. The van der Waals surface area contributed by atoms with Gasteiger partial charge in [0.2, 0.25) is 0 Å². The molecule has 1 rings (SSSR count). The highest BCUT2D eigenvalue weighted by Gasteiger charge is 2.27. The second-order valence-corrected chi connectivity index (χ2v) is 6.65. The van der Waals surface area contributed by atoms with Crippen LogP contribution in [0.3, 0.4) is 0 Å². The van der Waals surface area contributed by atoms with Crippen LogP contribution in [-0.4, -0.2) is 36.7 Å². The first-order chi connectivity index (χ1) is 8.77. The third-order valence-electron chi connectivity index (χ3n) is 3.30. The fourth-order valence-corrected chi connectivity index (χ4v) is 2.38. The van der Waals surface area contributed by atoms with Crippen molar-refractivity contribution in [2.24, 2.45) is 11.1 Å². The molecule has 0 aliphatic carbocycles. The Morgan fingerprint density at radius 1 is 1.16 bits per heavy atom. The van der Waals surface area contributed by atoms with Gasteiger partial charge in [0, 0.05) is 19.6 Å². The van der Waals surface area contributed by atoms with Gasteiger partial charge in [0.15, 0.2) is 0 Å². The summed E-state index contributed by atoms with van der Waals surface area (Å²) in [5.74, 6) is 0. The van der Waals surface area contributed by atoms with Gasteiger partial charge < -0.3 is 15.7 Å². The Hall–Kier alpha value is -0.900. The first-order valence-corrected chi connectivity index (χ1v) is 6.93. The molecule has 1 atom stereocenters. The number of nitrogens with zero attached hydrogens (tertiary/aromatic N) is 1. The molecule has 0 saturated heterocycles. The summed E-state index contributed by atoms with van der Waals surface area (Å²) < 4.78 is 0. The highest BCUT2D eigenvalue weighted by Crippen LogP contribution is 2.24. The van der Waals surface area contributed by atoms with Crippen molar-refractivity contribution in [2.45, 2.75) is 32.8 Å². The fourth-order valence-electron chi connectivity index (χ4n) is 2.38. The molecule has 0 aliphatic rings. The summed E-state index contributed by atoms with van der Waals surface area (Å²) in [4.78, 5) is 2.25. The van der Waals surface area contributed by atoms with Gasteiger partial charge in [-0.15, -0.1) is 0 Å². The molecule has 0 aliphatic heterocycles. The van der Waals surface area contributed by atoms with Crippen LogP contribution in [0.2, 0.25) is 0 Å². The lowest BCUT2D eigenvalue weighted by Crippen LogP contribution is -2.39. The van der Waals surface area contributed by atoms with E-state index in [0.717, 1.165) is 18.7 Å². The summed E-state index contributed by atoms with van der Waals surface area (Å²) in [6.07, 6.45) is 0.653. The summed E-state index contributed by atoms with van der Waals surface area (Å²) in [5, 5.41) is 10.7. The number of hydrogen-bond donors (Lipinski definition) is 2. The largest absolute Gasteiger partial charge is 0.384 e. The first kappa shape index (κ1) is 16.2. The monoisotopic (exact) mass is 264 g/mol. The molecule has 1 aromatic rings. The van der Waals surface area contributed by atoms with E-state index in [2.05, 4.69) is 32.7 Å². The van der Waals surface area contributed by atoms with Gasteiger partial charge in [-0.3, -0.25) is 0 Å². The van der Waals surface area contributed by atoms with Crippen molar-refractivity contribution in [3.63, 3.8) is 0 Å². The molecule has 0 amide bonds. The molecule has 3 N–H and O–H groups in total. The minimum atomic E-state index is -0.923. The van der Waals surface area contributed by atoms with Crippen molar-refractivity contribution in [3.8, 4) is 0 Å². The zero-order valence-corrected chi connectivity index (χ0v) is 12.7. The third-order valence-corrected chi connectivity index (χ3v) is 3.30. The molecule has 0 fully saturated rings. The average molecular weight is 264 g/mol. The van der Waals surface area contributed by atoms with Crippen LogP contribution < -0.4 is 5.73 Å². The summed E-state index contributed by atoms with van der Waals surface area (Å²) in [7, 11) is 2.09. The lowest BCUT2D eigenvalue weighted by Gasteiger charge is -2.32. The van der Waals surface area contributed by atoms with Gasteiger partial charge in [0.25, 0.3) is 0 Å². The Morgan fingerprint density at radius 3 is 2.21 bits per heavy atom. The van der Waals surface area contributed by atoms with Crippen LogP contribution in [0.25, 0.3) is 0 Å². The highest BCUT2D eigenvalue weighted by molar-refractivity contribution is 5.22. The van der Waals surface area contributed by atoms with Crippen LogP contribution in [0.4, 0.5) is 0 Å². The van der Waals surface area contributed by atoms with Gasteiger partial charge in [-0.1, -0.05) is 51.1 Å². The van der Waals surface area contributed by atoms with E-state index >= 15 is 0 Å². The third kappa shape index (κ3) is 5.31. The van der Waals surface area contributed by atoms with Crippen molar-refractivity contribution in [3.05, 3.63) is 35.9 Å². The molecule has 19 heavy (non-hydrogen) atoms. The highest BCUT2D eigenvalue weighted by atomic mass is 16.3. The molecular formula is C16H28N2O. The minimum Gasteiger partial charge on any atom is -0.384 e. The van der Waals surface area contributed by atoms with Crippen molar-refractivity contribution >= 4 is 0 Å². The molecule has 3 heteroatoms. The van der Waals surface area contributed by atoms with E-state index in [1.807, 2.05) is 30.3 Å². The van der Waals surface area contributed by atoms with Crippen molar-refractivity contribution in [1.82, 2.24) is 4.90 Å². The number of hydrogen-bond acceptors (Lipinski definition) is 3. The van der Waals surface area contributed by atoms with Crippen LogP contribution in [-0.2, 0) is 5.60 Å². The molecule has 3 nitrogen and oxygen atoms in total. The molecule has 108 valence electrons. The maximum Gasteiger partial charge on any atom is 0.103 e. The predicted octanol–water partition coefficient (Wildman–Crippen LogP) is 2.20. The molecule has 0 spiro atoms. The Morgan fingerprint density at radius 2 is 1.74 bits per heavy atom. The zero-order chi connectivity index (χ0) is 14.5. The Balaban J connectivity index is 2.63. The zero-order valence-electron chi connectivity index (χ0n) is 12.7. The van der Waals surface area contributed by atoms with Crippen molar-refractivity contribution in [1.29, 1.82) is 0 Å².